The summed E-state index contributed by atoms with van der Waals surface area (Å²) in [6, 6.07) is 1.53. The third-order valence-corrected chi connectivity index (χ3v) is 3.91. The maximum atomic E-state index is 14.8. The average Bonchev–Trinajstić information content (AvgIpc) is 2.93. The van der Waals surface area contributed by atoms with Crippen LogP contribution in [0.3, 0.4) is 0 Å². The van der Waals surface area contributed by atoms with Gasteiger partial charge in [-0.15, -0.1) is 0 Å². The van der Waals surface area contributed by atoms with Gasteiger partial charge in [-0.3, -0.25) is 4.79 Å². The number of hydrogen-bond acceptors (Lipinski definition) is 5. The zero-order valence-corrected chi connectivity index (χ0v) is 11.9. The summed E-state index contributed by atoms with van der Waals surface area (Å²) in [5.74, 6) is -2.93. The van der Waals surface area contributed by atoms with Gasteiger partial charge in [-0.05, 0) is 19.9 Å². The van der Waals surface area contributed by atoms with Crippen molar-refractivity contribution in [2.24, 2.45) is 0 Å². The zero-order chi connectivity index (χ0) is 16.3. The van der Waals surface area contributed by atoms with E-state index >= 15 is 0 Å². The number of aliphatic hydroxyl groups excluding tert-OH is 2. The number of pyridine rings is 1. The highest BCUT2D eigenvalue weighted by Crippen LogP contribution is 2.47. The van der Waals surface area contributed by atoms with Gasteiger partial charge in [-0.1, -0.05) is 0 Å². The first-order valence-electron chi connectivity index (χ1n) is 6.62. The van der Waals surface area contributed by atoms with Gasteiger partial charge in [0.15, 0.2) is 23.5 Å². The number of aromatic amines is 1. The second kappa shape index (κ2) is 4.58. The lowest BCUT2D eigenvalue weighted by molar-refractivity contribution is -0.206. The van der Waals surface area contributed by atoms with Crippen LogP contribution in [-0.4, -0.2) is 49.0 Å². The minimum atomic E-state index is -2.93. The van der Waals surface area contributed by atoms with Gasteiger partial charge in [-0.2, -0.15) is 0 Å². The van der Waals surface area contributed by atoms with Crippen LogP contribution in [-0.2, 0) is 4.74 Å². The molecule has 3 heterocycles. The van der Waals surface area contributed by atoms with Crippen molar-refractivity contribution < 1.29 is 23.7 Å². The second-order valence-corrected chi connectivity index (χ2v) is 5.64. The second-order valence-electron chi connectivity index (χ2n) is 5.64. The van der Waals surface area contributed by atoms with Crippen molar-refractivity contribution in [3.8, 4) is 0 Å². The van der Waals surface area contributed by atoms with Crippen molar-refractivity contribution >= 4 is 11.0 Å². The summed E-state index contributed by atoms with van der Waals surface area (Å²) in [6.45, 7) is 1.39. The first kappa shape index (κ1) is 15.1. The smallest absolute Gasteiger partial charge is 0.276 e. The number of rotatable bonds is 2. The number of halogens is 2. The van der Waals surface area contributed by atoms with Gasteiger partial charge in [0.1, 0.15) is 6.61 Å². The Morgan fingerprint density at radius 3 is 2.82 bits per heavy atom. The van der Waals surface area contributed by atoms with E-state index in [1.165, 1.54) is 6.07 Å². The van der Waals surface area contributed by atoms with Crippen LogP contribution in [0.2, 0.25) is 0 Å². The van der Waals surface area contributed by atoms with E-state index < -0.39 is 36.0 Å². The molecule has 9 heteroatoms. The molecule has 1 aliphatic heterocycles. The molecule has 0 aliphatic carbocycles. The Balaban J connectivity index is 2.18. The monoisotopic (exact) mass is 315 g/mol. The van der Waals surface area contributed by atoms with Crippen LogP contribution in [0, 0.1) is 6.92 Å². The summed E-state index contributed by atoms with van der Waals surface area (Å²) in [5, 5.41) is 18.8. The molecule has 2 aromatic rings. The lowest BCUT2D eigenvalue weighted by Crippen LogP contribution is -2.46. The first-order chi connectivity index (χ1) is 10.2. The minimum absolute atomic E-state index is 0.0415. The van der Waals surface area contributed by atoms with E-state index in [0.29, 0.717) is 5.69 Å². The third kappa shape index (κ3) is 1.89. The number of nitrogens with zero attached hydrogens (tertiary/aromatic N) is 2. The highest BCUT2D eigenvalue weighted by molar-refractivity contribution is 5.74. The summed E-state index contributed by atoms with van der Waals surface area (Å²) in [4.78, 5) is 18.2. The Morgan fingerprint density at radius 1 is 1.55 bits per heavy atom. The van der Waals surface area contributed by atoms with E-state index in [2.05, 4.69) is 9.97 Å². The van der Waals surface area contributed by atoms with Crippen LogP contribution in [0.1, 0.15) is 18.8 Å². The number of aromatic nitrogens is 3. The van der Waals surface area contributed by atoms with Crippen molar-refractivity contribution in [1.29, 1.82) is 0 Å². The highest BCUT2D eigenvalue weighted by Gasteiger charge is 2.64. The molecule has 0 radical (unpaired) electrons. The lowest BCUT2D eigenvalue weighted by Gasteiger charge is -2.24. The molecule has 3 N–H and O–H groups in total. The molecule has 120 valence electrons. The van der Waals surface area contributed by atoms with Crippen LogP contribution in [0.15, 0.2) is 17.2 Å². The zero-order valence-electron chi connectivity index (χ0n) is 11.9. The molecule has 1 aliphatic rings. The van der Waals surface area contributed by atoms with Gasteiger partial charge in [0.25, 0.3) is 11.4 Å². The number of hydrogen-bond donors (Lipinski definition) is 3. The SMILES string of the molecule is Cc1cc2c(ncn2[C@@H]2O[C@](F)(CO)[C@@H](O)[C@@]2(C)F)c(=O)[nH]1. The maximum absolute atomic E-state index is 14.8. The van der Waals surface area contributed by atoms with E-state index in [-0.39, 0.29) is 11.0 Å². The number of alkyl halides is 2. The first-order valence-corrected chi connectivity index (χ1v) is 6.62. The maximum Gasteiger partial charge on any atom is 0.276 e. The molecule has 1 fully saturated rings. The molecule has 0 saturated carbocycles. The molecule has 0 unspecified atom stereocenters. The summed E-state index contributed by atoms with van der Waals surface area (Å²) in [5.41, 5.74) is -2.21. The Labute approximate surface area is 123 Å². The Bertz CT molecular complexity index is 787. The molecule has 0 bridgehead atoms. The lowest BCUT2D eigenvalue weighted by atomic mass is 9.97. The Kier molecular flexibility index (Phi) is 3.13. The molecule has 3 rings (SSSR count). The van der Waals surface area contributed by atoms with E-state index in [1.807, 2.05) is 0 Å². The van der Waals surface area contributed by atoms with Gasteiger partial charge in [0.2, 0.25) is 0 Å². The molecular formula is C13H15F2N3O4. The van der Waals surface area contributed by atoms with Crippen molar-refractivity contribution in [2.75, 3.05) is 6.61 Å². The topological polar surface area (TPSA) is 100 Å². The average molecular weight is 315 g/mol. The van der Waals surface area contributed by atoms with Crippen LogP contribution < -0.4 is 5.56 Å². The van der Waals surface area contributed by atoms with Gasteiger partial charge < -0.3 is 24.5 Å². The van der Waals surface area contributed by atoms with Gasteiger partial charge in [0.05, 0.1) is 11.8 Å². The van der Waals surface area contributed by atoms with Crippen molar-refractivity contribution in [1.82, 2.24) is 14.5 Å². The van der Waals surface area contributed by atoms with E-state index in [9.17, 15) is 18.7 Å². The fourth-order valence-electron chi connectivity index (χ4n) is 2.73. The van der Waals surface area contributed by atoms with Crippen LogP contribution >= 0.6 is 0 Å². The van der Waals surface area contributed by atoms with Gasteiger partial charge in [0, 0.05) is 5.69 Å². The molecule has 2 aromatic heterocycles. The largest absolute Gasteiger partial charge is 0.390 e. The van der Waals surface area contributed by atoms with Gasteiger partial charge in [-0.25, -0.2) is 13.8 Å². The van der Waals surface area contributed by atoms with E-state index in [4.69, 9.17) is 9.84 Å². The van der Waals surface area contributed by atoms with Crippen molar-refractivity contribution in [3.63, 3.8) is 0 Å². The normalized spacial score (nSPS) is 35.4. The van der Waals surface area contributed by atoms with E-state index in [1.54, 1.807) is 6.92 Å². The summed E-state index contributed by atoms with van der Waals surface area (Å²) >= 11 is 0. The van der Waals surface area contributed by atoms with E-state index in [0.717, 1.165) is 17.8 Å². The molecule has 22 heavy (non-hydrogen) atoms. The number of aryl methyl sites for hydroxylation is 1. The quantitative estimate of drug-likeness (QED) is 0.740. The fraction of sp³-hybridized carbons (Fsp3) is 0.538. The number of H-pyrrole nitrogens is 1. The fourth-order valence-corrected chi connectivity index (χ4v) is 2.73. The Hall–Kier alpha value is -1.84. The van der Waals surface area contributed by atoms with Crippen LogP contribution in [0.4, 0.5) is 8.78 Å². The minimum Gasteiger partial charge on any atom is -0.390 e. The molecule has 0 amide bonds. The molecule has 4 atom stereocenters. The number of fused-ring (bicyclic) bond motifs is 1. The summed E-state index contributed by atoms with van der Waals surface area (Å²) < 4.78 is 35.1. The number of aliphatic hydroxyl groups is 2. The standard InChI is InChI=1S/C13H15F2N3O4/c1-6-3-7-8(9(20)17-6)16-5-18(7)11-12(2,14)10(21)13(15,4-19)22-11/h3,5,10-11,19,21H,4H2,1-2H3,(H,17,20)/t10-,11+,12+,13+/m0/s1. The molecule has 1 saturated heterocycles. The van der Waals surface area contributed by atoms with Gasteiger partial charge >= 0.3 is 0 Å². The van der Waals surface area contributed by atoms with Crippen molar-refractivity contribution in [3.05, 3.63) is 28.4 Å². The predicted molar refractivity (Wildman–Crippen MR) is 71.7 cm³/mol. The number of imidazole rings is 1. The molecule has 0 spiro atoms. The predicted octanol–water partition coefficient (Wildman–Crippen LogP) is 0.309. The number of ether oxygens (including phenoxy) is 1. The highest BCUT2D eigenvalue weighted by atomic mass is 19.2. The molecule has 7 nitrogen and oxygen atoms in total. The third-order valence-electron chi connectivity index (χ3n) is 3.91. The van der Waals surface area contributed by atoms with Crippen molar-refractivity contribution in [2.45, 2.75) is 37.7 Å². The molecule has 0 aromatic carbocycles. The summed E-state index contributed by atoms with van der Waals surface area (Å²) in [7, 11) is 0. The van der Waals surface area contributed by atoms with Crippen LogP contribution in [0.25, 0.3) is 11.0 Å². The summed E-state index contributed by atoms with van der Waals surface area (Å²) in [6.07, 6.45) is -2.63. The molecular weight excluding hydrogens is 300 g/mol. The van der Waals surface area contributed by atoms with Crippen LogP contribution in [0.5, 0.6) is 0 Å². The number of nitrogens with one attached hydrogen (secondary N) is 1. The Morgan fingerprint density at radius 2 is 2.23 bits per heavy atom.